The number of ether oxygens (including phenoxy) is 1. The first kappa shape index (κ1) is 14.8. The van der Waals surface area contributed by atoms with E-state index in [1.807, 2.05) is 6.07 Å². The molecule has 6 nitrogen and oxygen atoms in total. The molecule has 1 amide bonds. The van der Waals surface area contributed by atoms with Crippen LogP contribution in [0.3, 0.4) is 0 Å². The van der Waals surface area contributed by atoms with Crippen LogP contribution in [-0.4, -0.2) is 42.7 Å². The number of aromatic nitrogens is 1. The molecule has 0 unspecified atom stereocenters. The summed E-state index contributed by atoms with van der Waals surface area (Å²) in [6.45, 7) is 5.37. The maximum Gasteiger partial charge on any atom is 0.252 e. The van der Waals surface area contributed by atoms with Gasteiger partial charge < -0.3 is 20.7 Å². The Hall–Kier alpha value is -1.82. The average molecular weight is 316 g/mol. The van der Waals surface area contributed by atoms with Crippen molar-refractivity contribution in [2.75, 3.05) is 36.5 Å². The van der Waals surface area contributed by atoms with Crippen LogP contribution in [0.4, 0.5) is 11.6 Å². The highest BCUT2D eigenvalue weighted by molar-refractivity contribution is 5.98. The number of anilines is 2. The summed E-state index contributed by atoms with van der Waals surface area (Å²) >= 11 is 0. The number of carbonyl (C=O) groups is 1. The summed E-state index contributed by atoms with van der Waals surface area (Å²) in [4.78, 5) is 18.7. The van der Waals surface area contributed by atoms with Crippen LogP contribution in [0.5, 0.6) is 0 Å². The number of carbonyl (C=O) groups excluding carboxylic acids is 1. The monoisotopic (exact) mass is 316 g/mol. The summed E-state index contributed by atoms with van der Waals surface area (Å²) in [6.07, 6.45) is 5.10. The number of hydrogen-bond acceptors (Lipinski definition) is 5. The minimum Gasteiger partial charge on any atom is -0.376 e. The van der Waals surface area contributed by atoms with Crippen LogP contribution >= 0.6 is 0 Å². The zero-order valence-electron chi connectivity index (χ0n) is 13.6. The summed E-state index contributed by atoms with van der Waals surface area (Å²) in [6, 6.07) is 3.62. The van der Waals surface area contributed by atoms with Crippen molar-refractivity contribution in [3.63, 3.8) is 0 Å². The Morgan fingerprint density at radius 3 is 2.48 bits per heavy atom. The van der Waals surface area contributed by atoms with Gasteiger partial charge in [-0.25, -0.2) is 4.98 Å². The highest BCUT2D eigenvalue weighted by Crippen LogP contribution is 2.54. The van der Waals surface area contributed by atoms with Gasteiger partial charge in [0.2, 0.25) is 0 Å². The van der Waals surface area contributed by atoms with Crippen molar-refractivity contribution in [2.24, 2.45) is 11.1 Å². The Kier molecular flexibility index (Phi) is 3.27. The lowest BCUT2D eigenvalue weighted by molar-refractivity contribution is -0.0320. The van der Waals surface area contributed by atoms with Gasteiger partial charge in [0.05, 0.1) is 24.3 Å². The molecule has 0 radical (unpaired) electrons. The quantitative estimate of drug-likeness (QED) is 0.885. The molecule has 3 heterocycles. The fourth-order valence-corrected chi connectivity index (χ4v) is 3.61. The first-order chi connectivity index (χ1) is 11.0. The van der Waals surface area contributed by atoms with Crippen molar-refractivity contribution < 1.29 is 9.53 Å². The molecule has 2 saturated heterocycles. The van der Waals surface area contributed by atoms with Gasteiger partial charge in [0.25, 0.3) is 5.91 Å². The first-order valence-corrected chi connectivity index (χ1v) is 8.41. The van der Waals surface area contributed by atoms with Crippen LogP contribution in [-0.2, 0) is 4.74 Å². The lowest BCUT2D eigenvalue weighted by Gasteiger charge is -2.39. The van der Waals surface area contributed by atoms with Crippen molar-refractivity contribution in [1.82, 2.24) is 4.98 Å². The number of nitrogens with two attached hydrogens (primary N) is 1. The summed E-state index contributed by atoms with van der Waals surface area (Å²) < 4.78 is 5.27. The topological polar surface area (TPSA) is 80.5 Å². The molecule has 1 aromatic heterocycles. The standard InChI is InChI=1S/C17H24N4O2/c1-16(10-23-11-16)20-13-3-2-12(14(18)22)15(19-13)21-8-6-17(4-5-17)7-9-21/h2-3H,4-11H2,1H3,(H2,18,22)(H,19,20). The summed E-state index contributed by atoms with van der Waals surface area (Å²) in [5, 5.41) is 3.41. The molecule has 3 fully saturated rings. The van der Waals surface area contributed by atoms with Gasteiger partial charge in [-0.2, -0.15) is 0 Å². The van der Waals surface area contributed by atoms with E-state index in [9.17, 15) is 4.79 Å². The van der Waals surface area contributed by atoms with Crippen molar-refractivity contribution in [3.05, 3.63) is 17.7 Å². The maximum atomic E-state index is 11.8. The SMILES string of the molecule is CC1(Nc2ccc(C(N)=O)c(N3CCC4(CC3)CC4)n2)COC1. The number of rotatable bonds is 4. The van der Waals surface area contributed by atoms with Gasteiger partial charge in [0, 0.05) is 13.1 Å². The molecule has 1 saturated carbocycles. The van der Waals surface area contributed by atoms with Gasteiger partial charge in [-0.05, 0) is 50.2 Å². The predicted octanol–water partition coefficient (Wildman–Crippen LogP) is 1.76. The highest BCUT2D eigenvalue weighted by atomic mass is 16.5. The van der Waals surface area contributed by atoms with Gasteiger partial charge in [0.1, 0.15) is 11.6 Å². The van der Waals surface area contributed by atoms with E-state index in [0.29, 0.717) is 24.2 Å². The predicted molar refractivity (Wildman–Crippen MR) is 88.7 cm³/mol. The van der Waals surface area contributed by atoms with Crippen LogP contribution in [0.1, 0.15) is 43.0 Å². The summed E-state index contributed by atoms with van der Waals surface area (Å²) in [5.41, 5.74) is 6.59. The third kappa shape index (κ3) is 2.76. The number of nitrogens with one attached hydrogen (secondary N) is 1. The number of amides is 1. The number of pyridine rings is 1. The fraction of sp³-hybridized carbons (Fsp3) is 0.647. The molecule has 1 aromatic rings. The summed E-state index contributed by atoms with van der Waals surface area (Å²) in [7, 11) is 0. The Bertz CT molecular complexity index is 627. The van der Waals surface area contributed by atoms with Gasteiger partial charge in [0.15, 0.2) is 0 Å². The van der Waals surface area contributed by atoms with Crippen LogP contribution in [0.2, 0.25) is 0 Å². The van der Waals surface area contributed by atoms with E-state index in [4.69, 9.17) is 15.5 Å². The Labute approximate surface area is 136 Å². The molecule has 0 aromatic carbocycles. The highest BCUT2D eigenvalue weighted by Gasteiger charge is 2.45. The van der Waals surface area contributed by atoms with E-state index in [1.165, 1.54) is 25.7 Å². The number of nitrogens with zero attached hydrogens (tertiary/aromatic N) is 2. The number of hydrogen-bond donors (Lipinski definition) is 2. The zero-order chi connectivity index (χ0) is 16.1. The van der Waals surface area contributed by atoms with Crippen molar-refractivity contribution in [1.29, 1.82) is 0 Å². The first-order valence-electron chi connectivity index (χ1n) is 8.41. The fourth-order valence-electron chi connectivity index (χ4n) is 3.61. The van der Waals surface area contributed by atoms with Crippen LogP contribution in [0, 0.1) is 5.41 Å². The zero-order valence-corrected chi connectivity index (χ0v) is 13.6. The van der Waals surface area contributed by atoms with E-state index < -0.39 is 5.91 Å². The van der Waals surface area contributed by atoms with Crippen LogP contribution < -0.4 is 16.0 Å². The maximum absolute atomic E-state index is 11.8. The summed E-state index contributed by atoms with van der Waals surface area (Å²) in [5.74, 6) is 1.09. The molecule has 1 spiro atoms. The second-order valence-electron chi connectivity index (χ2n) is 7.60. The molecule has 4 rings (SSSR count). The van der Waals surface area contributed by atoms with Crippen LogP contribution in [0.15, 0.2) is 12.1 Å². The van der Waals surface area contributed by atoms with Gasteiger partial charge in [-0.15, -0.1) is 0 Å². The normalized spacial score (nSPS) is 24.1. The number of primary amides is 1. The Balaban J connectivity index is 1.58. The molecule has 1 aliphatic carbocycles. The van der Waals surface area contributed by atoms with E-state index in [-0.39, 0.29) is 5.54 Å². The second-order valence-corrected chi connectivity index (χ2v) is 7.60. The average Bonchev–Trinajstić information content (AvgIpc) is 3.25. The molecule has 3 N–H and O–H groups in total. The lowest BCUT2D eigenvalue weighted by Crippen LogP contribution is -2.53. The minimum atomic E-state index is -0.413. The van der Waals surface area contributed by atoms with E-state index in [1.54, 1.807) is 6.07 Å². The van der Waals surface area contributed by atoms with Gasteiger partial charge in [-0.3, -0.25) is 4.79 Å². The molecule has 124 valence electrons. The van der Waals surface area contributed by atoms with E-state index in [0.717, 1.165) is 24.7 Å². The molecular formula is C17H24N4O2. The molecule has 23 heavy (non-hydrogen) atoms. The third-order valence-electron chi connectivity index (χ3n) is 5.49. The van der Waals surface area contributed by atoms with Crippen molar-refractivity contribution in [3.8, 4) is 0 Å². The molecular weight excluding hydrogens is 292 g/mol. The van der Waals surface area contributed by atoms with Gasteiger partial charge >= 0.3 is 0 Å². The van der Waals surface area contributed by atoms with Crippen molar-refractivity contribution in [2.45, 2.75) is 38.1 Å². The van der Waals surface area contributed by atoms with E-state index in [2.05, 4.69) is 17.1 Å². The second kappa shape index (κ2) is 5.09. The van der Waals surface area contributed by atoms with Gasteiger partial charge in [-0.1, -0.05) is 0 Å². The largest absolute Gasteiger partial charge is 0.376 e. The molecule has 2 aliphatic heterocycles. The number of piperidine rings is 1. The third-order valence-corrected chi connectivity index (χ3v) is 5.49. The lowest BCUT2D eigenvalue weighted by atomic mass is 9.93. The Morgan fingerprint density at radius 1 is 1.26 bits per heavy atom. The molecule has 3 aliphatic rings. The minimum absolute atomic E-state index is 0.0710. The van der Waals surface area contributed by atoms with Crippen LogP contribution in [0.25, 0.3) is 0 Å². The Morgan fingerprint density at radius 2 is 1.96 bits per heavy atom. The smallest absolute Gasteiger partial charge is 0.252 e. The van der Waals surface area contributed by atoms with Crippen molar-refractivity contribution >= 4 is 17.5 Å². The molecule has 0 bridgehead atoms. The molecule has 6 heteroatoms. The molecule has 0 atom stereocenters. The van der Waals surface area contributed by atoms with E-state index >= 15 is 0 Å².